The Morgan fingerprint density at radius 1 is 1.05 bits per heavy atom. The summed E-state index contributed by atoms with van der Waals surface area (Å²) in [6.07, 6.45) is 1.19. The zero-order valence-electron chi connectivity index (χ0n) is 12.6. The Morgan fingerprint density at radius 3 is 2.62 bits per heavy atom. The third-order valence-corrected chi connectivity index (χ3v) is 4.13. The molecule has 0 spiro atoms. The van der Waals surface area contributed by atoms with Gasteiger partial charge in [0.25, 0.3) is 0 Å². The van der Waals surface area contributed by atoms with Crippen molar-refractivity contribution >= 4 is 0 Å². The second-order valence-electron chi connectivity index (χ2n) is 5.42. The van der Waals surface area contributed by atoms with Crippen LogP contribution in [-0.2, 0) is 13.0 Å². The molecule has 0 radical (unpaired) electrons. The highest BCUT2D eigenvalue weighted by Crippen LogP contribution is 2.34. The van der Waals surface area contributed by atoms with E-state index in [0.29, 0.717) is 5.92 Å². The van der Waals surface area contributed by atoms with Gasteiger partial charge in [0, 0.05) is 19.0 Å². The number of rotatable bonds is 6. The van der Waals surface area contributed by atoms with E-state index in [1.807, 2.05) is 12.1 Å². The van der Waals surface area contributed by atoms with Gasteiger partial charge in [0.05, 0.1) is 14.2 Å². The maximum atomic E-state index is 5.33. The molecule has 21 heavy (non-hydrogen) atoms. The normalized spacial score (nSPS) is 16.0. The van der Waals surface area contributed by atoms with Crippen molar-refractivity contribution in [3.63, 3.8) is 0 Å². The number of methoxy groups -OCH3 is 2. The molecule has 1 aliphatic carbocycles. The van der Waals surface area contributed by atoms with Crippen LogP contribution in [0.3, 0.4) is 0 Å². The lowest BCUT2D eigenvalue weighted by Crippen LogP contribution is -2.28. The molecule has 3 rings (SSSR count). The molecular formula is C18H21NO2. The summed E-state index contributed by atoms with van der Waals surface area (Å²) in [5, 5.41) is 3.54. The van der Waals surface area contributed by atoms with Gasteiger partial charge >= 0.3 is 0 Å². The molecule has 0 aliphatic heterocycles. The van der Waals surface area contributed by atoms with E-state index in [1.165, 1.54) is 23.1 Å². The third-order valence-electron chi connectivity index (χ3n) is 4.13. The van der Waals surface area contributed by atoms with Crippen LogP contribution in [0.5, 0.6) is 11.5 Å². The predicted octanol–water partition coefficient (Wildman–Crippen LogP) is 3.13. The number of nitrogens with one attached hydrogen (secondary N) is 1. The van der Waals surface area contributed by atoms with Gasteiger partial charge in [0.15, 0.2) is 11.5 Å². The lowest BCUT2D eigenvalue weighted by Gasteiger charge is -2.30. The van der Waals surface area contributed by atoms with Crippen LogP contribution >= 0.6 is 0 Å². The number of hydrogen-bond donors (Lipinski definition) is 1. The molecule has 3 heteroatoms. The third kappa shape index (κ3) is 2.88. The minimum Gasteiger partial charge on any atom is -0.493 e. The Hall–Kier alpha value is -2.00. The van der Waals surface area contributed by atoms with Gasteiger partial charge in [-0.1, -0.05) is 30.3 Å². The van der Waals surface area contributed by atoms with Crippen molar-refractivity contribution in [2.24, 2.45) is 0 Å². The van der Waals surface area contributed by atoms with Crippen LogP contribution in [0.2, 0.25) is 0 Å². The van der Waals surface area contributed by atoms with Gasteiger partial charge in [-0.3, -0.25) is 0 Å². The van der Waals surface area contributed by atoms with Gasteiger partial charge in [-0.15, -0.1) is 0 Å². The van der Waals surface area contributed by atoms with E-state index in [2.05, 4.69) is 35.6 Å². The van der Waals surface area contributed by atoms with Gasteiger partial charge < -0.3 is 14.8 Å². The first-order valence-corrected chi connectivity index (χ1v) is 7.31. The summed E-state index contributed by atoms with van der Waals surface area (Å²) in [5.74, 6) is 2.21. The molecule has 2 aromatic carbocycles. The first-order chi connectivity index (χ1) is 10.3. The van der Waals surface area contributed by atoms with E-state index < -0.39 is 0 Å². The zero-order chi connectivity index (χ0) is 14.7. The zero-order valence-corrected chi connectivity index (χ0v) is 12.6. The van der Waals surface area contributed by atoms with Crippen molar-refractivity contribution in [2.45, 2.75) is 18.9 Å². The Morgan fingerprint density at radius 2 is 1.86 bits per heavy atom. The SMILES string of the molecule is COc1ccc(CNCC2Cc3ccccc32)cc1OC. The molecule has 0 aromatic heterocycles. The van der Waals surface area contributed by atoms with Crippen LogP contribution in [-0.4, -0.2) is 20.8 Å². The summed E-state index contributed by atoms with van der Waals surface area (Å²) >= 11 is 0. The highest BCUT2D eigenvalue weighted by atomic mass is 16.5. The van der Waals surface area contributed by atoms with E-state index in [1.54, 1.807) is 14.2 Å². The van der Waals surface area contributed by atoms with Crippen molar-refractivity contribution in [3.05, 3.63) is 59.2 Å². The monoisotopic (exact) mass is 283 g/mol. The summed E-state index contributed by atoms with van der Waals surface area (Å²) in [7, 11) is 3.32. The highest BCUT2D eigenvalue weighted by Gasteiger charge is 2.24. The quantitative estimate of drug-likeness (QED) is 0.883. The molecule has 110 valence electrons. The summed E-state index contributed by atoms with van der Waals surface area (Å²) in [4.78, 5) is 0. The van der Waals surface area contributed by atoms with Crippen LogP contribution in [0.15, 0.2) is 42.5 Å². The van der Waals surface area contributed by atoms with Gasteiger partial charge in [-0.05, 0) is 35.2 Å². The summed E-state index contributed by atoms with van der Waals surface area (Å²) in [6, 6.07) is 14.8. The summed E-state index contributed by atoms with van der Waals surface area (Å²) in [5.41, 5.74) is 4.20. The molecule has 1 atom stereocenters. The minimum atomic E-state index is 0.654. The van der Waals surface area contributed by atoms with Gasteiger partial charge in [0.1, 0.15) is 0 Å². The summed E-state index contributed by atoms with van der Waals surface area (Å²) < 4.78 is 10.6. The second kappa shape index (κ2) is 6.19. The van der Waals surface area contributed by atoms with Crippen LogP contribution in [0, 0.1) is 0 Å². The average molecular weight is 283 g/mol. The molecule has 0 amide bonds. The van der Waals surface area contributed by atoms with Crippen molar-refractivity contribution in [2.75, 3.05) is 20.8 Å². The molecule has 2 aromatic rings. The minimum absolute atomic E-state index is 0.654. The molecule has 0 saturated heterocycles. The molecule has 1 aliphatic rings. The Labute approximate surface area is 125 Å². The smallest absolute Gasteiger partial charge is 0.161 e. The van der Waals surface area contributed by atoms with Gasteiger partial charge in [-0.2, -0.15) is 0 Å². The number of hydrogen-bond acceptors (Lipinski definition) is 3. The summed E-state index contributed by atoms with van der Waals surface area (Å²) in [6.45, 7) is 1.87. The van der Waals surface area contributed by atoms with Crippen molar-refractivity contribution in [3.8, 4) is 11.5 Å². The van der Waals surface area contributed by atoms with Crippen LogP contribution in [0.25, 0.3) is 0 Å². The number of fused-ring (bicyclic) bond motifs is 1. The van der Waals surface area contributed by atoms with Gasteiger partial charge in [-0.25, -0.2) is 0 Å². The second-order valence-corrected chi connectivity index (χ2v) is 5.42. The van der Waals surface area contributed by atoms with E-state index in [0.717, 1.165) is 24.6 Å². The Kier molecular flexibility index (Phi) is 4.11. The number of benzene rings is 2. The first-order valence-electron chi connectivity index (χ1n) is 7.31. The molecule has 1 N–H and O–H groups in total. The van der Waals surface area contributed by atoms with Crippen molar-refractivity contribution in [1.82, 2.24) is 5.32 Å². The molecule has 0 heterocycles. The standard InChI is InChI=1S/C18H21NO2/c1-20-17-8-7-13(9-18(17)21-2)11-19-12-15-10-14-5-3-4-6-16(14)15/h3-9,15,19H,10-12H2,1-2H3. The maximum Gasteiger partial charge on any atom is 0.161 e. The fraction of sp³-hybridized carbons (Fsp3) is 0.333. The predicted molar refractivity (Wildman–Crippen MR) is 84.1 cm³/mol. The lowest BCUT2D eigenvalue weighted by atomic mass is 9.77. The molecule has 0 bridgehead atoms. The Bertz CT molecular complexity index is 624. The molecule has 0 saturated carbocycles. The van der Waals surface area contributed by atoms with E-state index in [-0.39, 0.29) is 0 Å². The van der Waals surface area contributed by atoms with Crippen LogP contribution < -0.4 is 14.8 Å². The Balaban J connectivity index is 1.55. The fourth-order valence-electron chi connectivity index (χ4n) is 2.93. The molecular weight excluding hydrogens is 262 g/mol. The van der Waals surface area contributed by atoms with Crippen LogP contribution in [0.1, 0.15) is 22.6 Å². The average Bonchev–Trinajstić information content (AvgIpc) is 2.51. The molecule has 3 nitrogen and oxygen atoms in total. The maximum absolute atomic E-state index is 5.33. The topological polar surface area (TPSA) is 30.5 Å². The van der Waals surface area contributed by atoms with E-state index in [9.17, 15) is 0 Å². The highest BCUT2D eigenvalue weighted by molar-refractivity contribution is 5.43. The molecule has 0 fully saturated rings. The van der Waals surface area contributed by atoms with E-state index >= 15 is 0 Å². The number of ether oxygens (including phenoxy) is 2. The van der Waals surface area contributed by atoms with Crippen molar-refractivity contribution in [1.29, 1.82) is 0 Å². The van der Waals surface area contributed by atoms with Crippen molar-refractivity contribution < 1.29 is 9.47 Å². The van der Waals surface area contributed by atoms with Gasteiger partial charge in [0.2, 0.25) is 0 Å². The fourth-order valence-corrected chi connectivity index (χ4v) is 2.93. The van der Waals surface area contributed by atoms with E-state index in [4.69, 9.17) is 9.47 Å². The van der Waals surface area contributed by atoms with Crippen LogP contribution in [0.4, 0.5) is 0 Å². The first kappa shape index (κ1) is 14.0. The lowest BCUT2D eigenvalue weighted by molar-refractivity contribution is 0.354. The molecule has 1 unspecified atom stereocenters. The largest absolute Gasteiger partial charge is 0.493 e.